The van der Waals surface area contributed by atoms with Gasteiger partial charge < -0.3 is 24.8 Å². The van der Waals surface area contributed by atoms with Gasteiger partial charge in [0.05, 0.1) is 18.4 Å². The summed E-state index contributed by atoms with van der Waals surface area (Å²) in [6.07, 6.45) is 5.23. The Morgan fingerprint density at radius 2 is 1.88 bits per heavy atom. The molecule has 33 heavy (non-hydrogen) atoms. The Hall–Kier alpha value is -3.92. The molecule has 3 aromatic rings. The van der Waals surface area contributed by atoms with Crippen LogP contribution >= 0.6 is 0 Å². The molecule has 0 spiro atoms. The Morgan fingerprint density at radius 3 is 2.55 bits per heavy atom. The number of nitrogens with one attached hydrogen (secondary N) is 1. The zero-order valence-corrected chi connectivity index (χ0v) is 18.4. The van der Waals surface area contributed by atoms with Crippen LogP contribution in [0.5, 0.6) is 17.2 Å². The molecule has 0 radical (unpaired) electrons. The summed E-state index contributed by atoms with van der Waals surface area (Å²) in [5.41, 5.74) is 0.709. The molecule has 10 heteroatoms. The lowest BCUT2D eigenvalue weighted by molar-refractivity contribution is 0.0651. The lowest BCUT2D eigenvalue weighted by atomic mass is 10.1. The summed E-state index contributed by atoms with van der Waals surface area (Å²) in [5, 5.41) is 16.2. The first-order chi connectivity index (χ1) is 15.9. The van der Waals surface area contributed by atoms with Crippen LogP contribution < -0.4 is 14.8 Å². The molecule has 1 aliphatic rings. The number of anilines is 1. The van der Waals surface area contributed by atoms with Gasteiger partial charge in [-0.15, -0.1) is 0 Å². The average molecular weight is 451 g/mol. The van der Waals surface area contributed by atoms with Crippen LogP contribution in [-0.4, -0.2) is 62.4 Å². The minimum atomic E-state index is -0.480. The highest BCUT2D eigenvalue weighted by Gasteiger charge is 2.22. The zero-order chi connectivity index (χ0) is 23.4. The number of aliphatic hydroxyl groups excluding tert-OH is 1. The van der Waals surface area contributed by atoms with E-state index in [2.05, 4.69) is 15.4 Å². The number of rotatable bonds is 8. The van der Waals surface area contributed by atoms with Crippen LogP contribution in [0.15, 0.2) is 48.9 Å². The minimum Gasteiger partial charge on any atom is -0.488 e. The smallest absolute Gasteiger partial charge is 0.257 e. The molecule has 2 amide bonds. The maximum Gasteiger partial charge on any atom is 0.257 e. The van der Waals surface area contributed by atoms with Crippen molar-refractivity contribution in [1.82, 2.24) is 19.7 Å². The highest BCUT2D eigenvalue weighted by atomic mass is 16.5. The molecule has 0 aliphatic carbocycles. The van der Waals surface area contributed by atoms with Gasteiger partial charge in [0.2, 0.25) is 0 Å². The molecule has 1 atom stereocenters. The number of hydrogen-bond acceptors (Lipinski definition) is 7. The van der Waals surface area contributed by atoms with E-state index >= 15 is 0 Å². The monoisotopic (exact) mass is 451 g/mol. The molecule has 0 bridgehead atoms. The number of benzene rings is 1. The molecule has 0 unspecified atom stereocenters. The van der Waals surface area contributed by atoms with Crippen molar-refractivity contribution in [3.8, 4) is 17.2 Å². The molecule has 1 aliphatic heterocycles. The van der Waals surface area contributed by atoms with E-state index in [9.17, 15) is 14.7 Å². The quantitative estimate of drug-likeness (QED) is 0.540. The van der Waals surface area contributed by atoms with Crippen LogP contribution in [0.3, 0.4) is 0 Å². The van der Waals surface area contributed by atoms with Gasteiger partial charge in [0.15, 0.2) is 5.82 Å². The first-order valence-electron chi connectivity index (χ1n) is 10.6. The Morgan fingerprint density at radius 1 is 1.12 bits per heavy atom. The summed E-state index contributed by atoms with van der Waals surface area (Å²) in [5.74, 6) is 0.926. The van der Waals surface area contributed by atoms with Gasteiger partial charge in [-0.1, -0.05) is 0 Å². The lowest BCUT2D eigenvalue weighted by Crippen LogP contribution is -2.42. The summed E-state index contributed by atoms with van der Waals surface area (Å²) >= 11 is 0. The average Bonchev–Trinajstić information content (AvgIpc) is 3.16. The summed E-state index contributed by atoms with van der Waals surface area (Å²) < 4.78 is 13.2. The Balaban J connectivity index is 1.58. The molecule has 4 rings (SSSR count). The van der Waals surface area contributed by atoms with E-state index in [0.717, 1.165) is 19.5 Å². The van der Waals surface area contributed by atoms with E-state index in [0.29, 0.717) is 28.6 Å². The number of amides is 2. The van der Waals surface area contributed by atoms with Gasteiger partial charge in [-0.2, -0.15) is 5.10 Å². The van der Waals surface area contributed by atoms with Crippen LogP contribution in [-0.2, 0) is 7.05 Å². The maximum atomic E-state index is 12.8. The third kappa shape index (κ3) is 5.47. The number of ether oxygens (including phenoxy) is 2. The molecule has 1 saturated heterocycles. The van der Waals surface area contributed by atoms with Crippen molar-refractivity contribution in [2.75, 3.05) is 25.0 Å². The summed E-state index contributed by atoms with van der Waals surface area (Å²) in [6, 6.07) is 8.01. The van der Waals surface area contributed by atoms with E-state index in [-0.39, 0.29) is 18.1 Å². The van der Waals surface area contributed by atoms with Crippen molar-refractivity contribution >= 4 is 17.6 Å². The van der Waals surface area contributed by atoms with E-state index < -0.39 is 12.0 Å². The molecule has 172 valence electrons. The van der Waals surface area contributed by atoms with E-state index in [1.54, 1.807) is 60.1 Å². The number of aryl methyl sites for hydroxylation is 1. The number of pyridine rings is 1. The second kappa shape index (κ2) is 9.70. The first-order valence-corrected chi connectivity index (χ1v) is 10.6. The largest absolute Gasteiger partial charge is 0.488 e. The van der Waals surface area contributed by atoms with Crippen LogP contribution in [0.25, 0.3) is 0 Å². The highest BCUT2D eigenvalue weighted by molar-refractivity contribution is 6.04. The van der Waals surface area contributed by atoms with Crippen molar-refractivity contribution < 1.29 is 24.2 Å². The zero-order valence-electron chi connectivity index (χ0n) is 18.4. The standard InChI is InChI=1S/C23H25N5O5/c1-15(14-29)32-18-8-16(22(30)25-21-4-7-27(2)26-21)9-19(11-18)33-20-10-17(12-24-13-20)23(31)28-5-3-6-28/h4,7-13,15,29H,3,5-6,14H2,1-2H3,(H,25,26,30)/t15-/m0/s1. The van der Waals surface area contributed by atoms with Crippen LogP contribution in [0.2, 0.25) is 0 Å². The van der Waals surface area contributed by atoms with Crippen LogP contribution in [0, 0.1) is 0 Å². The SMILES string of the molecule is C[C@@H](CO)Oc1cc(Oc2cncc(C(=O)N3CCC3)c2)cc(C(=O)Nc2ccn(C)n2)c1. The van der Waals surface area contributed by atoms with E-state index in [1.807, 2.05) is 0 Å². The van der Waals surface area contributed by atoms with Crippen molar-refractivity contribution in [2.45, 2.75) is 19.4 Å². The predicted molar refractivity (Wildman–Crippen MR) is 120 cm³/mol. The molecule has 1 fully saturated rings. The molecule has 2 aromatic heterocycles. The van der Waals surface area contributed by atoms with Gasteiger partial charge in [0, 0.05) is 50.2 Å². The first kappa shape index (κ1) is 22.3. The van der Waals surface area contributed by atoms with Gasteiger partial charge in [0.1, 0.15) is 23.4 Å². The van der Waals surface area contributed by atoms with Gasteiger partial charge in [-0.25, -0.2) is 0 Å². The molecule has 2 N–H and O–H groups in total. The Labute approximate surface area is 190 Å². The van der Waals surface area contributed by atoms with Crippen molar-refractivity contribution in [3.05, 3.63) is 60.0 Å². The van der Waals surface area contributed by atoms with Crippen LogP contribution in [0.1, 0.15) is 34.1 Å². The number of aliphatic hydroxyl groups is 1. The highest BCUT2D eigenvalue weighted by Crippen LogP contribution is 2.29. The van der Waals surface area contributed by atoms with Crippen molar-refractivity contribution in [2.24, 2.45) is 7.05 Å². The van der Waals surface area contributed by atoms with E-state index in [4.69, 9.17) is 9.47 Å². The second-order valence-corrected chi connectivity index (χ2v) is 7.79. The number of carbonyl (C=O) groups is 2. The molecule has 10 nitrogen and oxygen atoms in total. The summed E-state index contributed by atoms with van der Waals surface area (Å²) in [7, 11) is 1.75. The van der Waals surface area contributed by atoms with Gasteiger partial charge in [-0.05, 0) is 31.5 Å². The second-order valence-electron chi connectivity index (χ2n) is 7.79. The molecular weight excluding hydrogens is 426 g/mol. The van der Waals surface area contributed by atoms with Gasteiger partial charge >= 0.3 is 0 Å². The summed E-state index contributed by atoms with van der Waals surface area (Å²) in [4.78, 5) is 31.2. The normalized spacial score (nSPS) is 13.7. The van der Waals surface area contributed by atoms with Crippen LogP contribution in [0.4, 0.5) is 5.82 Å². The maximum absolute atomic E-state index is 12.8. The predicted octanol–water partition coefficient (Wildman–Crippen LogP) is 2.47. The molecule has 1 aromatic carbocycles. The third-order valence-corrected chi connectivity index (χ3v) is 5.03. The molecule has 3 heterocycles. The fraction of sp³-hybridized carbons (Fsp3) is 0.304. The minimum absolute atomic E-state index is 0.0940. The Bertz CT molecular complexity index is 1160. The fourth-order valence-electron chi connectivity index (χ4n) is 3.20. The van der Waals surface area contributed by atoms with E-state index in [1.165, 1.54) is 12.4 Å². The molecular formula is C23H25N5O5. The number of hydrogen-bond donors (Lipinski definition) is 2. The number of likely N-dealkylation sites (tertiary alicyclic amines) is 1. The van der Waals surface area contributed by atoms with Crippen molar-refractivity contribution in [1.29, 1.82) is 0 Å². The third-order valence-electron chi connectivity index (χ3n) is 5.03. The summed E-state index contributed by atoms with van der Waals surface area (Å²) in [6.45, 7) is 2.99. The number of aromatic nitrogens is 3. The fourth-order valence-corrected chi connectivity index (χ4v) is 3.20. The van der Waals surface area contributed by atoms with Gasteiger partial charge in [-0.3, -0.25) is 19.3 Å². The van der Waals surface area contributed by atoms with Crippen molar-refractivity contribution in [3.63, 3.8) is 0 Å². The molecule has 0 saturated carbocycles. The number of nitrogens with zero attached hydrogens (tertiary/aromatic N) is 4. The van der Waals surface area contributed by atoms with Gasteiger partial charge in [0.25, 0.3) is 11.8 Å². The topological polar surface area (TPSA) is 119 Å². The Kier molecular flexibility index (Phi) is 6.55. The number of carbonyl (C=O) groups excluding carboxylic acids is 2. The lowest BCUT2D eigenvalue weighted by Gasteiger charge is -2.30.